The average molecular weight is 429 g/mol. The smallest absolute Gasteiger partial charge is 0.265 e. The molecule has 0 unspecified atom stereocenters. The first-order valence-electron chi connectivity index (χ1n) is 9.87. The summed E-state index contributed by atoms with van der Waals surface area (Å²) in [5.41, 5.74) is 2.55. The van der Waals surface area contributed by atoms with Crippen molar-refractivity contribution < 1.29 is 9.59 Å². The third-order valence-electron chi connectivity index (χ3n) is 5.61. The Kier molecular flexibility index (Phi) is 5.66. The first-order chi connectivity index (χ1) is 14.0. The molecule has 1 aliphatic rings. The predicted octanol–water partition coefficient (Wildman–Crippen LogP) is 6.46. The summed E-state index contributed by atoms with van der Waals surface area (Å²) < 4.78 is 1.61. The van der Waals surface area contributed by atoms with Crippen LogP contribution in [0, 0.1) is 12.8 Å². The van der Waals surface area contributed by atoms with Gasteiger partial charge in [-0.1, -0.05) is 48.5 Å². The summed E-state index contributed by atoms with van der Waals surface area (Å²) in [6, 6.07) is 12.5. The Morgan fingerprint density at radius 1 is 1.00 bits per heavy atom. The number of halogens is 2. The van der Waals surface area contributed by atoms with E-state index in [9.17, 15) is 9.59 Å². The molecule has 0 saturated heterocycles. The van der Waals surface area contributed by atoms with Crippen LogP contribution in [0.3, 0.4) is 0 Å². The van der Waals surface area contributed by atoms with E-state index in [0.717, 1.165) is 48.0 Å². The van der Waals surface area contributed by atoms with Crippen LogP contribution >= 0.6 is 23.2 Å². The Balaban J connectivity index is 1.65. The Hall–Kier alpha value is -2.30. The summed E-state index contributed by atoms with van der Waals surface area (Å²) >= 11 is 12.5. The minimum absolute atomic E-state index is 0.0825. The minimum atomic E-state index is -0.271. The maximum atomic E-state index is 13.2. The van der Waals surface area contributed by atoms with Gasteiger partial charge in [0.05, 0.1) is 21.1 Å². The number of hydrogen-bond acceptors (Lipinski definition) is 2. The zero-order chi connectivity index (χ0) is 20.5. The van der Waals surface area contributed by atoms with Gasteiger partial charge in [0, 0.05) is 22.7 Å². The molecule has 3 aromatic rings. The van der Waals surface area contributed by atoms with Crippen molar-refractivity contribution in [2.75, 3.05) is 5.32 Å². The van der Waals surface area contributed by atoms with E-state index in [1.807, 2.05) is 31.2 Å². The van der Waals surface area contributed by atoms with Gasteiger partial charge in [0.2, 0.25) is 5.91 Å². The number of anilines is 1. The highest BCUT2D eigenvalue weighted by Gasteiger charge is 2.22. The molecule has 0 atom stereocenters. The lowest BCUT2D eigenvalue weighted by atomic mass is 9.88. The molecule has 1 heterocycles. The van der Waals surface area contributed by atoms with Crippen LogP contribution in [-0.2, 0) is 4.79 Å². The van der Waals surface area contributed by atoms with Crippen molar-refractivity contribution >= 4 is 51.6 Å². The molecular formula is C23H22Cl2N2O2. The van der Waals surface area contributed by atoms with Crippen LogP contribution in [0.25, 0.3) is 10.9 Å². The standard InChI is InChI=1S/C23H22Cl2N2O2/c1-14-12-16-13-17(26-22(28)15-6-3-2-4-7-15)10-11-20(16)27(14)23(29)21-18(24)8-5-9-19(21)25/h5,8-13,15H,2-4,6-7H2,1H3,(H,26,28). The fraction of sp³-hybridized carbons (Fsp3) is 0.304. The van der Waals surface area contributed by atoms with Crippen LogP contribution < -0.4 is 5.32 Å². The van der Waals surface area contributed by atoms with Gasteiger partial charge >= 0.3 is 0 Å². The lowest BCUT2D eigenvalue weighted by Gasteiger charge is -2.20. The maximum absolute atomic E-state index is 13.2. The van der Waals surface area contributed by atoms with Crippen molar-refractivity contribution in [2.45, 2.75) is 39.0 Å². The molecule has 150 valence electrons. The van der Waals surface area contributed by atoms with Crippen molar-refractivity contribution in [3.8, 4) is 0 Å². The van der Waals surface area contributed by atoms with E-state index in [2.05, 4.69) is 5.32 Å². The van der Waals surface area contributed by atoms with Gasteiger partial charge in [-0.05, 0) is 56.2 Å². The van der Waals surface area contributed by atoms with E-state index in [1.165, 1.54) is 6.42 Å². The van der Waals surface area contributed by atoms with Gasteiger partial charge in [-0.3, -0.25) is 14.2 Å². The molecule has 0 radical (unpaired) electrons. The van der Waals surface area contributed by atoms with Crippen molar-refractivity contribution in [2.24, 2.45) is 5.92 Å². The maximum Gasteiger partial charge on any atom is 0.265 e. The Morgan fingerprint density at radius 2 is 1.69 bits per heavy atom. The zero-order valence-electron chi connectivity index (χ0n) is 16.2. The molecule has 1 aromatic heterocycles. The zero-order valence-corrected chi connectivity index (χ0v) is 17.7. The average Bonchev–Trinajstić information content (AvgIpc) is 3.03. The highest BCUT2D eigenvalue weighted by atomic mass is 35.5. The molecule has 2 aromatic carbocycles. The molecular weight excluding hydrogens is 407 g/mol. The van der Waals surface area contributed by atoms with Gasteiger partial charge in [0.1, 0.15) is 0 Å². The number of nitrogens with one attached hydrogen (secondary N) is 1. The van der Waals surface area contributed by atoms with Crippen molar-refractivity contribution in [1.82, 2.24) is 4.57 Å². The molecule has 0 spiro atoms. The highest BCUT2D eigenvalue weighted by molar-refractivity contribution is 6.40. The Morgan fingerprint density at radius 3 is 2.38 bits per heavy atom. The second kappa shape index (κ2) is 8.21. The first-order valence-corrected chi connectivity index (χ1v) is 10.6. The van der Waals surface area contributed by atoms with Crippen LogP contribution in [0.4, 0.5) is 5.69 Å². The van der Waals surface area contributed by atoms with E-state index >= 15 is 0 Å². The number of fused-ring (bicyclic) bond motifs is 1. The number of amides is 1. The molecule has 4 rings (SSSR count). The van der Waals surface area contributed by atoms with Crippen LogP contribution in [0.1, 0.15) is 48.2 Å². The van der Waals surface area contributed by atoms with Crippen LogP contribution in [-0.4, -0.2) is 16.4 Å². The van der Waals surface area contributed by atoms with Crippen LogP contribution in [0.5, 0.6) is 0 Å². The molecule has 4 nitrogen and oxygen atoms in total. The number of hydrogen-bond donors (Lipinski definition) is 1. The number of aryl methyl sites for hydroxylation is 1. The van der Waals surface area contributed by atoms with E-state index in [0.29, 0.717) is 10.0 Å². The molecule has 1 fully saturated rings. The molecule has 29 heavy (non-hydrogen) atoms. The molecule has 1 saturated carbocycles. The van der Waals surface area contributed by atoms with E-state index in [1.54, 1.807) is 22.8 Å². The molecule has 1 amide bonds. The van der Waals surface area contributed by atoms with Crippen molar-refractivity contribution in [3.63, 3.8) is 0 Å². The lowest BCUT2D eigenvalue weighted by molar-refractivity contribution is -0.120. The SMILES string of the molecule is Cc1cc2cc(NC(=O)C3CCCCC3)ccc2n1C(=O)c1c(Cl)cccc1Cl. The molecule has 1 N–H and O–H groups in total. The van der Waals surface area contributed by atoms with Crippen LogP contribution in [0.2, 0.25) is 10.0 Å². The number of carbonyl (C=O) groups excluding carboxylic acids is 2. The number of nitrogens with zero attached hydrogens (tertiary/aromatic N) is 1. The highest BCUT2D eigenvalue weighted by Crippen LogP contribution is 2.30. The van der Waals surface area contributed by atoms with Gasteiger partial charge < -0.3 is 5.32 Å². The van der Waals surface area contributed by atoms with Gasteiger partial charge in [-0.15, -0.1) is 0 Å². The first kappa shape index (κ1) is 20.0. The third kappa shape index (κ3) is 3.92. The molecule has 0 aliphatic heterocycles. The summed E-state index contributed by atoms with van der Waals surface area (Å²) in [5.74, 6) is -0.0963. The normalized spacial score (nSPS) is 14.9. The molecule has 0 bridgehead atoms. The van der Waals surface area contributed by atoms with Crippen molar-refractivity contribution in [1.29, 1.82) is 0 Å². The summed E-state index contributed by atoms with van der Waals surface area (Å²) in [5, 5.41) is 4.55. The second-order valence-corrected chi connectivity index (χ2v) is 8.44. The van der Waals surface area contributed by atoms with Gasteiger partial charge in [0.15, 0.2) is 0 Å². The van der Waals surface area contributed by atoms with E-state index < -0.39 is 0 Å². The number of rotatable bonds is 3. The Bertz CT molecular complexity index is 1080. The largest absolute Gasteiger partial charge is 0.326 e. The summed E-state index contributed by atoms with van der Waals surface area (Å²) in [7, 11) is 0. The number of benzene rings is 2. The summed E-state index contributed by atoms with van der Waals surface area (Å²) in [4.78, 5) is 25.7. The van der Waals surface area contributed by atoms with E-state index in [-0.39, 0.29) is 23.3 Å². The van der Waals surface area contributed by atoms with Gasteiger partial charge in [0.25, 0.3) is 5.91 Å². The fourth-order valence-electron chi connectivity index (χ4n) is 4.12. The number of aromatic nitrogens is 1. The monoisotopic (exact) mass is 428 g/mol. The van der Waals surface area contributed by atoms with Gasteiger partial charge in [-0.25, -0.2) is 0 Å². The van der Waals surface area contributed by atoms with Crippen LogP contribution in [0.15, 0.2) is 42.5 Å². The fourth-order valence-corrected chi connectivity index (χ4v) is 4.68. The topological polar surface area (TPSA) is 51.1 Å². The van der Waals surface area contributed by atoms with E-state index in [4.69, 9.17) is 23.2 Å². The third-order valence-corrected chi connectivity index (χ3v) is 6.24. The second-order valence-electron chi connectivity index (χ2n) is 7.62. The Labute approximate surface area is 179 Å². The lowest BCUT2D eigenvalue weighted by Crippen LogP contribution is -2.24. The van der Waals surface area contributed by atoms with Gasteiger partial charge in [-0.2, -0.15) is 0 Å². The minimum Gasteiger partial charge on any atom is -0.326 e. The predicted molar refractivity (Wildman–Crippen MR) is 118 cm³/mol. The summed E-state index contributed by atoms with van der Waals surface area (Å²) in [6.45, 7) is 1.86. The quantitative estimate of drug-likeness (QED) is 0.519. The van der Waals surface area contributed by atoms with Crippen molar-refractivity contribution in [3.05, 3.63) is 63.8 Å². The molecule has 6 heteroatoms. The molecule has 1 aliphatic carbocycles. The summed E-state index contributed by atoms with van der Waals surface area (Å²) in [6.07, 6.45) is 5.36. The number of carbonyl (C=O) groups is 2.